The molecule has 2 aromatic heterocycles. The van der Waals surface area contributed by atoms with Crippen LogP contribution in [0.1, 0.15) is 36.5 Å². The molecule has 124 valence electrons. The van der Waals surface area contributed by atoms with Gasteiger partial charge >= 0.3 is 5.97 Å². The molecule has 1 aromatic carbocycles. The first-order valence-electron chi connectivity index (χ1n) is 7.94. The largest absolute Gasteiger partial charge is 0.478 e. The zero-order valence-corrected chi connectivity index (χ0v) is 14.2. The van der Waals surface area contributed by atoms with Crippen molar-refractivity contribution < 1.29 is 9.90 Å². The van der Waals surface area contributed by atoms with Crippen molar-refractivity contribution in [1.82, 2.24) is 9.55 Å². The lowest BCUT2D eigenvalue weighted by atomic mass is 10.1. The highest BCUT2D eigenvalue weighted by atomic mass is 32.1. The number of benzene rings is 1. The van der Waals surface area contributed by atoms with Crippen molar-refractivity contribution in [2.45, 2.75) is 32.7 Å². The zero-order chi connectivity index (χ0) is 17.1. The maximum atomic E-state index is 13.0. The lowest BCUT2D eigenvalue weighted by Gasteiger charge is -2.12. The van der Waals surface area contributed by atoms with Gasteiger partial charge in [0.2, 0.25) is 0 Å². The molecule has 0 aliphatic heterocycles. The Balaban J connectivity index is 2.24. The predicted octanol–water partition coefficient (Wildman–Crippen LogP) is 4.01. The van der Waals surface area contributed by atoms with Crippen LogP contribution in [0.15, 0.2) is 40.5 Å². The Morgan fingerprint density at radius 1 is 1.25 bits per heavy atom. The maximum absolute atomic E-state index is 13.0. The van der Waals surface area contributed by atoms with E-state index in [1.807, 2.05) is 30.3 Å². The predicted molar refractivity (Wildman–Crippen MR) is 95.8 cm³/mol. The van der Waals surface area contributed by atoms with Crippen molar-refractivity contribution >= 4 is 27.5 Å². The normalized spacial score (nSPS) is 11.0. The molecule has 0 radical (unpaired) electrons. The summed E-state index contributed by atoms with van der Waals surface area (Å²) >= 11 is 1.20. The summed E-state index contributed by atoms with van der Waals surface area (Å²) in [6.07, 6.45) is 2.91. The van der Waals surface area contributed by atoms with Gasteiger partial charge in [-0.1, -0.05) is 50.1 Å². The number of thiophene rings is 1. The van der Waals surface area contributed by atoms with E-state index in [-0.39, 0.29) is 16.5 Å². The molecule has 0 fully saturated rings. The van der Waals surface area contributed by atoms with Crippen LogP contribution in [-0.2, 0) is 6.54 Å². The number of fused-ring (bicyclic) bond motifs is 1. The number of hydrogen-bond acceptors (Lipinski definition) is 4. The van der Waals surface area contributed by atoms with Crippen LogP contribution in [0.2, 0.25) is 0 Å². The van der Waals surface area contributed by atoms with Gasteiger partial charge in [-0.05, 0) is 6.42 Å². The summed E-state index contributed by atoms with van der Waals surface area (Å²) < 4.78 is 1.62. The molecule has 0 atom stereocenters. The molecule has 5 nitrogen and oxygen atoms in total. The third kappa shape index (κ3) is 2.97. The van der Waals surface area contributed by atoms with Crippen LogP contribution in [0.5, 0.6) is 0 Å². The van der Waals surface area contributed by atoms with Gasteiger partial charge in [-0.15, -0.1) is 11.3 Å². The fourth-order valence-corrected chi connectivity index (χ4v) is 3.62. The van der Waals surface area contributed by atoms with Crippen molar-refractivity contribution in [1.29, 1.82) is 0 Å². The van der Waals surface area contributed by atoms with Crippen molar-refractivity contribution in [3.63, 3.8) is 0 Å². The Hall–Kier alpha value is -2.47. The SMILES string of the molecule is CCCCCn1c(-c2ccccc2)nc2scc(C(=O)O)c2c1=O. The summed E-state index contributed by atoms with van der Waals surface area (Å²) in [5.41, 5.74) is 0.628. The molecule has 0 aliphatic rings. The molecule has 0 unspecified atom stereocenters. The van der Waals surface area contributed by atoms with Gasteiger partial charge in [-0.3, -0.25) is 9.36 Å². The number of rotatable bonds is 6. The zero-order valence-electron chi connectivity index (χ0n) is 13.4. The molecule has 1 N–H and O–H groups in total. The summed E-state index contributed by atoms with van der Waals surface area (Å²) in [5.74, 6) is -0.490. The lowest BCUT2D eigenvalue weighted by molar-refractivity contribution is 0.0699. The smallest absolute Gasteiger partial charge is 0.337 e. The monoisotopic (exact) mass is 342 g/mol. The van der Waals surface area contributed by atoms with Crippen LogP contribution in [0.25, 0.3) is 21.6 Å². The van der Waals surface area contributed by atoms with Crippen LogP contribution < -0.4 is 5.56 Å². The summed E-state index contributed by atoms with van der Waals surface area (Å²) in [5, 5.41) is 11.0. The molecule has 24 heavy (non-hydrogen) atoms. The number of carbonyl (C=O) groups is 1. The van der Waals surface area contributed by atoms with Crippen molar-refractivity contribution in [3.8, 4) is 11.4 Å². The van der Waals surface area contributed by atoms with Crippen LogP contribution in [-0.4, -0.2) is 20.6 Å². The summed E-state index contributed by atoms with van der Waals surface area (Å²) in [7, 11) is 0. The molecule has 3 rings (SSSR count). The minimum Gasteiger partial charge on any atom is -0.478 e. The Kier molecular flexibility index (Phi) is 4.76. The van der Waals surface area contributed by atoms with E-state index in [1.165, 1.54) is 16.7 Å². The van der Waals surface area contributed by atoms with Crippen molar-refractivity contribution in [2.24, 2.45) is 0 Å². The standard InChI is InChI=1S/C18H18N2O3S/c1-2-3-7-10-20-15(12-8-5-4-6-9-12)19-16-14(17(20)21)13(11-24-16)18(22)23/h4-6,8-9,11H,2-3,7,10H2,1H3,(H,22,23). The molecule has 6 heteroatoms. The summed E-state index contributed by atoms with van der Waals surface area (Å²) in [4.78, 5) is 29.4. The van der Waals surface area contributed by atoms with Crippen LogP contribution in [0.4, 0.5) is 0 Å². The highest BCUT2D eigenvalue weighted by Gasteiger charge is 2.20. The average molecular weight is 342 g/mol. The van der Waals surface area contributed by atoms with Gasteiger partial charge in [0.15, 0.2) is 0 Å². The van der Waals surface area contributed by atoms with Gasteiger partial charge in [0, 0.05) is 17.5 Å². The maximum Gasteiger partial charge on any atom is 0.337 e. The fraction of sp³-hybridized carbons (Fsp3) is 0.278. The van der Waals surface area contributed by atoms with Gasteiger partial charge in [0.1, 0.15) is 10.7 Å². The average Bonchev–Trinajstić information content (AvgIpc) is 3.02. The van der Waals surface area contributed by atoms with E-state index >= 15 is 0 Å². The topological polar surface area (TPSA) is 72.2 Å². The van der Waals surface area contributed by atoms with E-state index in [2.05, 4.69) is 11.9 Å². The third-order valence-electron chi connectivity index (χ3n) is 3.94. The molecule has 0 aliphatic carbocycles. The quantitative estimate of drug-likeness (QED) is 0.687. The second-order valence-electron chi connectivity index (χ2n) is 5.60. The molecular formula is C18H18N2O3S. The van der Waals surface area contributed by atoms with Crippen molar-refractivity contribution in [3.05, 3.63) is 51.6 Å². The molecular weight excluding hydrogens is 324 g/mol. The molecule has 2 heterocycles. The van der Waals surface area contributed by atoms with Crippen LogP contribution >= 0.6 is 11.3 Å². The number of carboxylic acids is 1. The molecule has 0 saturated heterocycles. The van der Waals surface area contributed by atoms with Crippen molar-refractivity contribution in [2.75, 3.05) is 0 Å². The Bertz CT molecular complexity index is 929. The van der Waals surface area contributed by atoms with Crippen LogP contribution in [0.3, 0.4) is 0 Å². The first-order valence-corrected chi connectivity index (χ1v) is 8.82. The molecule has 0 bridgehead atoms. The number of unbranched alkanes of at least 4 members (excludes halogenated alkanes) is 2. The number of nitrogens with zero attached hydrogens (tertiary/aromatic N) is 2. The summed E-state index contributed by atoms with van der Waals surface area (Å²) in [6, 6.07) is 9.54. The number of carboxylic acid groups (broad SMARTS) is 1. The number of hydrogen-bond donors (Lipinski definition) is 1. The molecule has 0 spiro atoms. The van der Waals surface area contributed by atoms with E-state index in [0.29, 0.717) is 17.2 Å². The van der Waals surface area contributed by atoms with Gasteiger partial charge in [0.25, 0.3) is 5.56 Å². The lowest BCUT2D eigenvalue weighted by Crippen LogP contribution is -2.24. The van der Waals surface area contributed by atoms with E-state index in [1.54, 1.807) is 4.57 Å². The van der Waals surface area contributed by atoms with Gasteiger partial charge in [-0.25, -0.2) is 9.78 Å². The highest BCUT2D eigenvalue weighted by molar-refractivity contribution is 7.17. The first kappa shape index (κ1) is 16.4. The second kappa shape index (κ2) is 6.97. The Morgan fingerprint density at radius 2 is 2.00 bits per heavy atom. The van der Waals surface area contributed by atoms with Gasteiger partial charge < -0.3 is 5.11 Å². The Labute approximate surface area is 143 Å². The van der Waals surface area contributed by atoms with Gasteiger partial charge in [-0.2, -0.15) is 0 Å². The van der Waals surface area contributed by atoms with E-state index in [4.69, 9.17) is 0 Å². The minimum atomic E-state index is -1.09. The molecule has 0 amide bonds. The second-order valence-corrected chi connectivity index (χ2v) is 6.46. The minimum absolute atomic E-state index is 0.0383. The number of aromatic carboxylic acids is 1. The first-order chi connectivity index (χ1) is 11.6. The third-order valence-corrected chi connectivity index (χ3v) is 4.81. The molecule has 0 saturated carbocycles. The van der Waals surface area contributed by atoms with E-state index in [9.17, 15) is 14.7 Å². The number of aromatic nitrogens is 2. The molecule has 3 aromatic rings. The highest BCUT2D eigenvalue weighted by Crippen LogP contribution is 2.25. The Morgan fingerprint density at radius 3 is 2.67 bits per heavy atom. The van der Waals surface area contributed by atoms with Crippen LogP contribution in [0, 0.1) is 0 Å². The fourth-order valence-electron chi connectivity index (χ4n) is 2.72. The van der Waals surface area contributed by atoms with E-state index in [0.717, 1.165) is 24.8 Å². The van der Waals surface area contributed by atoms with E-state index < -0.39 is 5.97 Å². The summed E-state index contributed by atoms with van der Waals surface area (Å²) in [6.45, 7) is 2.64. The van der Waals surface area contributed by atoms with Gasteiger partial charge in [0.05, 0.1) is 10.9 Å².